The van der Waals surface area contributed by atoms with E-state index in [4.69, 9.17) is 4.42 Å². The van der Waals surface area contributed by atoms with Crippen molar-refractivity contribution in [2.75, 3.05) is 7.05 Å². The van der Waals surface area contributed by atoms with Crippen LogP contribution in [0.3, 0.4) is 0 Å². The Hall–Kier alpha value is -2.44. The molecule has 1 heterocycles. The van der Waals surface area contributed by atoms with Crippen molar-refractivity contribution in [3.8, 4) is 0 Å². The molecule has 0 aliphatic heterocycles. The van der Waals surface area contributed by atoms with Gasteiger partial charge in [-0.15, -0.1) is 0 Å². The largest absolute Gasteiger partial charge is 0.423 e. The first-order valence-electron chi connectivity index (χ1n) is 8.06. The molecule has 0 spiro atoms. The zero-order valence-corrected chi connectivity index (χ0v) is 14.5. The van der Waals surface area contributed by atoms with Crippen LogP contribution in [0.2, 0.25) is 0 Å². The van der Waals surface area contributed by atoms with E-state index in [2.05, 4.69) is 0 Å². The Morgan fingerprint density at radius 3 is 2.72 bits per heavy atom. The summed E-state index contributed by atoms with van der Waals surface area (Å²) in [6, 6.07) is 15.2. The van der Waals surface area contributed by atoms with Crippen molar-refractivity contribution in [2.45, 2.75) is 23.8 Å². The average Bonchev–Trinajstić information content (AvgIpc) is 3.04. The molecule has 25 heavy (non-hydrogen) atoms. The van der Waals surface area contributed by atoms with Crippen molar-refractivity contribution in [2.24, 2.45) is 0 Å². The van der Waals surface area contributed by atoms with Crippen LogP contribution in [-0.2, 0) is 16.4 Å². The predicted molar refractivity (Wildman–Crippen MR) is 94.9 cm³/mol. The maximum absolute atomic E-state index is 13.1. The highest BCUT2D eigenvalue weighted by Crippen LogP contribution is 2.37. The molecule has 4 rings (SSSR count). The first-order valence-corrected chi connectivity index (χ1v) is 9.50. The molecule has 1 unspecified atom stereocenters. The van der Waals surface area contributed by atoms with E-state index in [1.807, 2.05) is 24.3 Å². The van der Waals surface area contributed by atoms with Crippen molar-refractivity contribution in [3.63, 3.8) is 0 Å². The number of nitrogens with zero attached hydrogens (tertiary/aromatic N) is 1. The van der Waals surface area contributed by atoms with E-state index in [1.54, 1.807) is 19.2 Å². The number of fused-ring (bicyclic) bond motifs is 2. The molecule has 0 radical (unpaired) electrons. The molecule has 0 saturated carbocycles. The third kappa shape index (κ3) is 2.67. The van der Waals surface area contributed by atoms with Gasteiger partial charge in [0.2, 0.25) is 10.0 Å². The van der Waals surface area contributed by atoms with Gasteiger partial charge in [0.15, 0.2) is 0 Å². The van der Waals surface area contributed by atoms with Gasteiger partial charge in [-0.2, -0.15) is 4.31 Å². The van der Waals surface area contributed by atoms with Crippen LogP contribution < -0.4 is 5.63 Å². The van der Waals surface area contributed by atoms with Crippen molar-refractivity contribution in [1.29, 1.82) is 0 Å². The maximum Gasteiger partial charge on any atom is 0.336 e. The van der Waals surface area contributed by atoms with Crippen LogP contribution in [0.1, 0.15) is 23.6 Å². The lowest BCUT2D eigenvalue weighted by Gasteiger charge is -2.25. The summed E-state index contributed by atoms with van der Waals surface area (Å²) in [6.07, 6.45) is 1.65. The van der Waals surface area contributed by atoms with Crippen LogP contribution in [0.15, 0.2) is 68.7 Å². The summed E-state index contributed by atoms with van der Waals surface area (Å²) in [5.41, 5.74) is 2.19. The van der Waals surface area contributed by atoms with E-state index in [0.29, 0.717) is 11.0 Å². The third-order valence-corrected chi connectivity index (χ3v) is 6.67. The maximum atomic E-state index is 13.1. The van der Waals surface area contributed by atoms with E-state index < -0.39 is 15.6 Å². The van der Waals surface area contributed by atoms with Crippen LogP contribution in [0.5, 0.6) is 0 Å². The molecule has 1 aromatic heterocycles. The van der Waals surface area contributed by atoms with E-state index >= 15 is 0 Å². The third-order valence-electron chi connectivity index (χ3n) is 4.81. The fourth-order valence-electron chi connectivity index (χ4n) is 3.46. The van der Waals surface area contributed by atoms with Crippen LogP contribution in [0.25, 0.3) is 11.0 Å². The summed E-state index contributed by atoms with van der Waals surface area (Å²) in [6.45, 7) is 0. The highest BCUT2D eigenvalue weighted by Gasteiger charge is 2.33. The lowest BCUT2D eigenvalue weighted by Crippen LogP contribution is -2.30. The molecule has 0 fully saturated rings. The van der Waals surface area contributed by atoms with Crippen LogP contribution >= 0.6 is 0 Å². The molecule has 1 aliphatic carbocycles. The number of sulfonamides is 1. The average molecular weight is 355 g/mol. The Morgan fingerprint density at radius 1 is 1.08 bits per heavy atom. The second-order valence-electron chi connectivity index (χ2n) is 6.23. The molecule has 1 aliphatic rings. The smallest absolute Gasteiger partial charge is 0.336 e. The van der Waals surface area contributed by atoms with Gasteiger partial charge >= 0.3 is 5.63 Å². The van der Waals surface area contributed by atoms with Crippen molar-refractivity contribution in [3.05, 3.63) is 76.1 Å². The highest BCUT2D eigenvalue weighted by atomic mass is 32.2. The summed E-state index contributed by atoms with van der Waals surface area (Å²) in [7, 11) is -2.03. The summed E-state index contributed by atoms with van der Waals surface area (Å²) in [5, 5.41) is 0.584. The monoisotopic (exact) mass is 355 g/mol. The number of hydrogen-bond acceptors (Lipinski definition) is 4. The van der Waals surface area contributed by atoms with Gasteiger partial charge in [0.25, 0.3) is 0 Å². The topological polar surface area (TPSA) is 67.6 Å². The first kappa shape index (κ1) is 16.1. The zero-order valence-electron chi connectivity index (χ0n) is 13.7. The summed E-state index contributed by atoms with van der Waals surface area (Å²) in [4.78, 5) is 11.5. The normalized spacial score (nSPS) is 17.1. The fourth-order valence-corrected chi connectivity index (χ4v) is 4.86. The molecule has 2 aromatic carbocycles. The Kier molecular flexibility index (Phi) is 3.74. The second kappa shape index (κ2) is 5.82. The molecule has 1 atom stereocenters. The molecule has 6 heteroatoms. The van der Waals surface area contributed by atoms with Gasteiger partial charge in [0.05, 0.1) is 10.9 Å². The van der Waals surface area contributed by atoms with Gasteiger partial charge in [-0.1, -0.05) is 24.3 Å². The Balaban J connectivity index is 1.74. The van der Waals surface area contributed by atoms with E-state index in [1.165, 1.54) is 28.1 Å². The van der Waals surface area contributed by atoms with E-state index in [0.717, 1.165) is 18.4 Å². The quantitative estimate of drug-likeness (QED) is 0.677. The van der Waals surface area contributed by atoms with Gasteiger partial charge in [-0.05, 0) is 48.2 Å². The molecule has 5 nitrogen and oxygen atoms in total. The minimum atomic E-state index is -3.65. The van der Waals surface area contributed by atoms with Crippen molar-refractivity contribution >= 4 is 21.0 Å². The number of aryl methyl sites for hydroxylation is 1. The van der Waals surface area contributed by atoms with Gasteiger partial charge in [0.1, 0.15) is 5.58 Å². The minimum absolute atomic E-state index is 0.161. The lowest BCUT2D eigenvalue weighted by atomic mass is 10.1. The van der Waals surface area contributed by atoms with Crippen molar-refractivity contribution < 1.29 is 12.8 Å². The van der Waals surface area contributed by atoms with Gasteiger partial charge in [0, 0.05) is 18.5 Å². The lowest BCUT2D eigenvalue weighted by molar-refractivity contribution is 0.374. The zero-order chi connectivity index (χ0) is 17.6. The van der Waals surface area contributed by atoms with E-state index in [9.17, 15) is 13.2 Å². The van der Waals surface area contributed by atoms with Gasteiger partial charge < -0.3 is 4.42 Å². The molecular formula is C19H17NO4S. The standard InChI is InChI=1S/C19H17NO4S/c1-20(17-9-6-13-4-2-3-5-16(13)17)25(22,23)15-8-10-18-14(12-15)7-11-19(21)24-18/h2-5,7-8,10-12,17H,6,9H2,1H3. The first-order chi connectivity index (χ1) is 12.0. The summed E-state index contributed by atoms with van der Waals surface area (Å²) < 4.78 is 32.7. The number of rotatable bonds is 3. The molecular weight excluding hydrogens is 338 g/mol. The SMILES string of the molecule is CN(C1CCc2ccccc21)S(=O)(=O)c1ccc2oc(=O)ccc2c1. The summed E-state index contributed by atoms with van der Waals surface area (Å²) >= 11 is 0. The molecule has 0 bridgehead atoms. The predicted octanol–water partition coefficient (Wildman–Crippen LogP) is 3.10. The molecule has 3 aromatic rings. The molecule has 128 valence electrons. The van der Waals surface area contributed by atoms with Crippen LogP contribution in [0, 0.1) is 0 Å². The van der Waals surface area contributed by atoms with Crippen LogP contribution in [0.4, 0.5) is 0 Å². The fraction of sp³-hybridized carbons (Fsp3) is 0.211. The van der Waals surface area contributed by atoms with Crippen LogP contribution in [-0.4, -0.2) is 19.8 Å². The molecule has 0 amide bonds. The molecule has 0 saturated heterocycles. The number of hydrogen-bond donors (Lipinski definition) is 0. The molecule has 0 N–H and O–H groups in total. The highest BCUT2D eigenvalue weighted by molar-refractivity contribution is 7.89. The summed E-state index contributed by atoms with van der Waals surface area (Å²) in [5.74, 6) is 0. The second-order valence-corrected chi connectivity index (χ2v) is 8.23. The Labute approximate surface area is 145 Å². The Morgan fingerprint density at radius 2 is 1.88 bits per heavy atom. The van der Waals surface area contributed by atoms with Crippen molar-refractivity contribution in [1.82, 2.24) is 4.31 Å². The minimum Gasteiger partial charge on any atom is -0.423 e. The van der Waals surface area contributed by atoms with Gasteiger partial charge in [-0.3, -0.25) is 0 Å². The van der Waals surface area contributed by atoms with E-state index in [-0.39, 0.29) is 10.9 Å². The Bertz CT molecular complexity index is 1120. The van der Waals surface area contributed by atoms with Gasteiger partial charge in [-0.25, -0.2) is 13.2 Å². The number of benzene rings is 2.